The Balaban J connectivity index is 1.75. The Hall–Kier alpha value is -3.06. The summed E-state index contributed by atoms with van der Waals surface area (Å²) in [5, 5.41) is 8.43. The van der Waals surface area contributed by atoms with Crippen LogP contribution < -0.4 is 10.6 Å². The molecule has 26 heavy (non-hydrogen) atoms. The van der Waals surface area contributed by atoms with Gasteiger partial charge in [0.25, 0.3) is 5.91 Å². The maximum atomic E-state index is 12.3. The normalized spacial score (nSPS) is 14.0. The monoisotopic (exact) mass is 361 g/mol. The van der Waals surface area contributed by atoms with Crippen LogP contribution in [0.1, 0.15) is 15.4 Å². The average Bonchev–Trinajstić information content (AvgIpc) is 2.94. The first-order valence-electron chi connectivity index (χ1n) is 8.38. The zero-order valence-corrected chi connectivity index (χ0v) is 14.9. The summed E-state index contributed by atoms with van der Waals surface area (Å²) in [6.07, 6.45) is 1.56. The standard InChI is InChI=1S/C19H15N5OS/c1-10-8-14(23-9-22-10)13-3-2-11-12(24-13)4-5-15-16(11)17-18(26-15)19(25)21-7-6-20-17/h2-5,8-9,20H,6-7H2,1H3,(H,21,25). The number of amides is 1. The summed E-state index contributed by atoms with van der Waals surface area (Å²) in [5.74, 6) is -0.0135. The molecule has 6 nitrogen and oxygen atoms in total. The third kappa shape index (κ3) is 2.32. The van der Waals surface area contributed by atoms with Gasteiger partial charge in [-0.25, -0.2) is 15.0 Å². The number of benzene rings is 1. The number of nitrogens with zero attached hydrogens (tertiary/aromatic N) is 3. The van der Waals surface area contributed by atoms with Crippen molar-refractivity contribution in [3.63, 3.8) is 0 Å². The molecule has 0 atom stereocenters. The number of anilines is 1. The lowest BCUT2D eigenvalue weighted by atomic mass is 10.1. The van der Waals surface area contributed by atoms with Gasteiger partial charge in [0.15, 0.2) is 0 Å². The smallest absolute Gasteiger partial charge is 0.263 e. The Kier molecular flexibility index (Phi) is 3.36. The van der Waals surface area contributed by atoms with Crippen LogP contribution in [0, 0.1) is 6.92 Å². The highest BCUT2D eigenvalue weighted by Crippen LogP contribution is 2.40. The molecule has 1 amide bonds. The first kappa shape index (κ1) is 15.2. The van der Waals surface area contributed by atoms with Crippen molar-refractivity contribution in [3.8, 4) is 11.4 Å². The maximum absolute atomic E-state index is 12.3. The molecule has 0 aliphatic carbocycles. The second-order valence-corrected chi connectivity index (χ2v) is 7.29. The molecule has 1 aliphatic heterocycles. The highest BCUT2D eigenvalue weighted by atomic mass is 32.1. The first-order chi connectivity index (χ1) is 12.7. The summed E-state index contributed by atoms with van der Waals surface area (Å²) in [6.45, 7) is 3.28. The van der Waals surface area contributed by atoms with Crippen LogP contribution in [-0.2, 0) is 0 Å². The number of hydrogen-bond acceptors (Lipinski definition) is 6. The van der Waals surface area contributed by atoms with E-state index in [-0.39, 0.29) is 5.91 Å². The molecule has 1 aliphatic rings. The van der Waals surface area contributed by atoms with Crippen LogP contribution in [0.5, 0.6) is 0 Å². The van der Waals surface area contributed by atoms with E-state index >= 15 is 0 Å². The molecule has 0 spiro atoms. The molecule has 4 heterocycles. The third-order valence-electron chi connectivity index (χ3n) is 4.51. The minimum Gasteiger partial charge on any atom is -0.381 e. The fourth-order valence-corrected chi connectivity index (χ4v) is 4.42. The van der Waals surface area contributed by atoms with E-state index in [1.165, 1.54) is 11.3 Å². The van der Waals surface area contributed by atoms with Gasteiger partial charge in [-0.3, -0.25) is 4.79 Å². The van der Waals surface area contributed by atoms with Gasteiger partial charge in [-0.2, -0.15) is 0 Å². The minimum atomic E-state index is -0.0135. The summed E-state index contributed by atoms with van der Waals surface area (Å²) in [5.41, 5.74) is 4.33. The first-order valence-corrected chi connectivity index (χ1v) is 9.20. The van der Waals surface area contributed by atoms with Gasteiger partial charge in [-0.05, 0) is 37.3 Å². The Morgan fingerprint density at radius 2 is 1.92 bits per heavy atom. The van der Waals surface area contributed by atoms with Crippen LogP contribution in [0.15, 0.2) is 36.7 Å². The summed E-state index contributed by atoms with van der Waals surface area (Å²) in [7, 11) is 0. The second kappa shape index (κ2) is 5.74. The van der Waals surface area contributed by atoms with Gasteiger partial charge in [0.2, 0.25) is 0 Å². The molecule has 0 saturated heterocycles. The van der Waals surface area contributed by atoms with Crippen LogP contribution in [0.25, 0.3) is 32.4 Å². The van der Waals surface area contributed by atoms with Crippen molar-refractivity contribution in [2.75, 3.05) is 18.4 Å². The van der Waals surface area contributed by atoms with Crippen molar-refractivity contribution in [1.29, 1.82) is 0 Å². The summed E-state index contributed by atoms with van der Waals surface area (Å²) in [4.78, 5) is 26.3. The number of aryl methyl sites for hydroxylation is 1. The van der Waals surface area contributed by atoms with E-state index in [4.69, 9.17) is 4.98 Å². The van der Waals surface area contributed by atoms with Gasteiger partial charge in [-0.15, -0.1) is 11.3 Å². The SMILES string of the molecule is Cc1cc(-c2ccc3c(ccc4sc5c(c43)NCCNC5=O)n2)ncn1. The van der Waals surface area contributed by atoms with Crippen LogP contribution in [-0.4, -0.2) is 33.9 Å². The van der Waals surface area contributed by atoms with Crippen molar-refractivity contribution < 1.29 is 4.79 Å². The van der Waals surface area contributed by atoms with E-state index < -0.39 is 0 Å². The van der Waals surface area contributed by atoms with Gasteiger partial charge in [0.1, 0.15) is 11.2 Å². The van der Waals surface area contributed by atoms with Crippen molar-refractivity contribution in [2.45, 2.75) is 6.92 Å². The van der Waals surface area contributed by atoms with Crippen molar-refractivity contribution in [1.82, 2.24) is 20.3 Å². The average molecular weight is 361 g/mol. The number of carbonyl (C=O) groups excluding carboxylic acids is 1. The zero-order chi connectivity index (χ0) is 17.7. The molecule has 5 rings (SSSR count). The summed E-state index contributed by atoms with van der Waals surface area (Å²) < 4.78 is 1.08. The van der Waals surface area contributed by atoms with Gasteiger partial charge >= 0.3 is 0 Å². The molecular formula is C19H15N5OS. The lowest BCUT2D eigenvalue weighted by Gasteiger charge is -2.07. The number of carbonyl (C=O) groups is 1. The minimum absolute atomic E-state index is 0.0135. The van der Waals surface area contributed by atoms with Gasteiger partial charge in [-0.1, -0.05) is 0 Å². The van der Waals surface area contributed by atoms with Crippen molar-refractivity contribution >= 4 is 43.9 Å². The van der Waals surface area contributed by atoms with Crippen LogP contribution in [0.3, 0.4) is 0 Å². The number of rotatable bonds is 1. The molecule has 0 unspecified atom stereocenters. The predicted molar refractivity (Wildman–Crippen MR) is 104 cm³/mol. The second-order valence-electron chi connectivity index (χ2n) is 6.24. The van der Waals surface area contributed by atoms with E-state index in [1.807, 2.05) is 31.2 Å². The summed E-state index contributed by atoms with van der Waals surface area (Å²) >= 11 is 1.52. The highest BCUT2D eigenvalue weighted by Gasteiger charge is 2.22. The topological polar surface area (TPSA) is 79.8 Å². The van der Waals surface area contributed by atoms with Crippen molar-refractivity contribution in [2.24, 2.45) is 0 Å². The molecule has 0 bridgehead atoms. The van der Waals surface area contributed by atoms with Crippen LogP contribution in [0.2, 0.25) is 0 Å². The molecule has 0 saturated carbocycles. The fourth-order valence-electron chi connectivity index (χ4n) is 3.31. The molecule has 0 fully saturated rings. The van der Waals surface area contributed by atoms with E-state index in [1.54, 1.807) is 6.33 Å². The lowest BCUT2D eigenvalue weighted by Crippen LogP contribution is -2.24. The molecule has 4 aromatic rings. The zero-order valence-electron chi connectivity index (χ0n) is 14.0. The molecule has 2 N–H and O–H groups in total. The van der Waals surface area contributed by atoms with Gasteiger partial charge in [0.05, 0.1) is 22.6 Å². The number of fused-ring (bicyclic) bond motifs is 5. The van der Waals surface area contributed by atoms with Gasteiger partial charge in [0, 0.05) is 34.3 Å². The Bertz CT molecular complexity index is 1180. The Morgan fingerprint density at radius 1 is 1.04 bits per heavy atom. The Labute approximate surface area is 153 Å². The number of pyridine rings is 1. The van der Waals surface area contributed by atoms with Crippen LogP contribution in [0.4, 0.5) is 5.69 Å². The van der Waals surface area contributed by atoms with Crippen molar-refractivity contribution in [3.05, 3.63) is 47.2 Å². The Morgan fingerprint density at radius 3 is 2.81 bits per heavy atom. The van der Waals surface area contributed by atoms with Gasteiger partial charge < -0.3 is 10.6 Å². The van der Waals surface area contributed by atoms with E-state index in [9.17, 15) is 4.79 Å². The largest absolute Gasteiger partial charge is 0.381 e. The molecule has 1 aromatic carbocycles. The molecule has 3 aromatic heterocycles. The van der Waals surface area contributed by atoms with E-state index in [0.717, 1.165) is 48.6 Å². The van der Waals surface area contributed by atoms with Crippen LogP contribution >= 0.6 is 11.3 Å². The molecule has 7 heteroatoms. The third-order valence-corrected chi connectivity index (χ3v) is 5.66. The molecule has 0 radical (unpaired) electrons. The lowest BCUT2D eigenvalue weighted by molar-refractivity contribution is 0.0962. The number of aromatic nitrogens is 3. The fraction of sp³-hybridized carbons (Fsp3) is 0.158. The molecule has 128 valence electrons. The predicted octanol–water partition coefficient (Wildman–Crippen LogP) is 3.37. The van der Waals surface area contributed by atoms with E-state index in [0.29, 0.717) is 13.1 Å². The number of nitrogens with one attached hydrogen (secondary N) is 2. The quantitative estimate of drug-likeness (QED) is 0.543. The summed E-state index contributed by atoms with van der Waals surface area (Å²) in [6, 6.07) is 10.0. The number of hydrogen-bond donors (Lipinski definition) is 2. The highest BCUT2D eigenvalue weighted by molar-refractivity contribution is 7.21. The number of thiophene rings is 1. The van der Waals surface area contributed by atoms with E-state index in [2.05, 4.69) is 26.7 Å². The maximum Gasteiger partial charge on any atom is 0.263 e. The molecular weight excluding hydrogens is 346 g/mol.